The molecular weight excluding hydrogens is 240 g/mol. The Morgan fingerprint density at radius 2 is 1.63 bits per heavy atom. The third-order valence-electron chi connectivity index (χ3n) is 3.10. The van der Waals surface area contributed by atoms with Gasteiger partial charge in [-0.15, -0.1) is 0 Å². The van der Waals surface area contributed by atoms with Gasteiger partial charge in [0.05, 0.1) is 5.56 Å². The smallest absolute Gasteiger partial charge is 0.338 e. The van der Waals surface area contributed by atoms with Crippen LogP contribution >= 0.6 is 0 Å². The topological polar surface area (TPSA) is 38.8 Å². The van der Waals surface area contributed by atoms with Gasteiger partial charge in [-0.25, -0.2) is 4.79 Å². The molecule has 3 heteroatoms. The number of carbonyl (C=O) groups excluding carboxylic acids is 1. The van der Waals surface area contributed by atoms with Crippen molar-refractivity contribution in [3.05, 3.63) is 71.8 Å². The lowest BCUT2D eigenvalue weighted by Crippen LogP contribution is -2.10. The van der Waals surface area contributed by atoms with E-state index in [2.05, 4.69) is 0 Å². The fourth-order valence-electron chi connectivity index (χ4n) is 2.02. The number of hydrogen-bond donors (Lipinski definition) is 0. The minimum atomic E-state index is -0.303. The van der Waals surface area contributed by atoms with E-state index in [1.54, 1.807) is 12.1 Å². The van der Waals surface area contributed by atoms with Crippen molar-refractivity contribution in [1.29, 1.82) is 0 Å². The van der Waals surface area contributed by atoms with Gasteiger partial charge in [0.2, 0.25) is 0 Å². The zero-order valence-corrected chi connectivity index (χ0v) is 10.4. The molecule has 0 spiro atoms. The van der Waals surface area contributed by atoms with E-state index in [1.165, 1.54) is 0 Å². The average molecular weight is 254 g/mol. The van der Waals surface area contributed by atoms with E-state index in [0.29, 0.717) is 12.2 Å². The summed E-state index contributed by atoms with van der Waals surface area (Å²) >= 11 is 0. The Morgan fingerprint density at radius 1 is 1.00 bits per heavy atom. The largest absolute Gasteiger partial charge is 0.459 e. The van der Waals surface area contributed by atoms with Crippen LogP contribution in [0.25, 0.3) is 0 Å². The van der Waals surface area contributed by atoms with Crippen LogP contribution in [-0.2, 0) is 9.47 Å². The molecule has 0 unspecified atom stereocenters. The van der Waals surface area contributed by atoms with E-state index in [0.717, 1.165) is 5.56 Å². The lowest BCUT2D eigenvalue weighted by Gasteiger charge is -2.02. The first-order valence-corrected chi connectivity index (χ1v) is 6.27. The lowest BCUT2D eigenvalue weighted by atomic mass is 10.1. The summed E-state index contributed by atoms with van der Waals surface area (Å²) in [4.78, 5) is 11.7. The molecule has 1 aliphatic heterocycles. The second-order valence-corrected chi connectivity index (χ2v) is 4.47. The molecule has 0 aliphatic carbocycles. The molecule has 1 aliphatic rings. The van der Waals surface area contributed by atoms with Crippen LogP contribution < -0.4 is 0 Å². The Bertz CT molecular complexity index is 551. The fourth-order valence-corrected chi connectivity index (χ4v) is 2.02. The molecule has 1 fully saturated rings. The third-order valence-corrected chi connectivity index (χ3v) is 3.10. The van der Waals surface area contributed by atoms with E-state index in [1.807, 2.05) is 48.5 Å². The Hall–Kier alpha value is -2.13. The number of esters is 1. The SMILES string of the molecule is O=C(OC[C@H]1O[C@@H]1c1ccccc1)c1ccccc1. The van der Waals surface area contributed by atoms with Crippen LogP contribution in [0.15, 0.2) is 60.7 Å². The van der Waals surface area contributed by atoms with E-state index >= 15 is 0 Å². The number of ether oxygens (including phenoxy) is 2. The summed E-state index contributed by atoms with van der Waals surface area (Å²) in [5.41, 5.74) is 1.70. The fraction of sp³-hybridized carbons (Fsp3) is 0.188. The van der Waals surface area contributed by atoms with Crippen LogP contribution in [0.1, 0.15) is 22.0 Å². The highest BCUT2D eigenvalue weighted by Crippen LogP contribution is 2.38. The van der Waals surface area contributed by atoms with Gasteiger partial charge in [0, 0.05) is 0 Å². The number of carbonyl (C=O) groups is 1. The summed E-state index contributed by atoms with van der Waals surface area (Å²) in [5, 5.41) is 0. The maximum Gasteiger partial charge on any atom is 0.338 e. The Morgan fingerprint density at radius 3 is 2.32 bits per heavy atom. The molecule has 0 aromatic heterocycles. The number of rotatable bonds is 4. The van der Waals surface area contributed by atoms with Gasteiger partial charge < -0.3 is 9.47 Å². The van der Waals surface area contributed by atoms with Crippen LogP contribution in [0.4, 0.5) is 0 Å². The van der Waals surface area contributed by atoms with Gasteiger partial charge in [-0.05, 0) is 17.7 Å². The molecule has 1 heterocycles. The monoisotopic (exact) mass is 254 g/mol. The van der Waals surface area contributed by atoms with Gasteiger partial charge in [0.1, 0.15) is 18.8 Å². The second kappa shape index (κ2) is 5.24. The standard InChI is InChI=1S/C16H14O3/c17-16(13-9-5-2-6-10-13)18-11-14-15(19-14)12-7-3-1-4-8-12/h1-10,14-15H,11H2/t14-,15-/m1/s1. The quantitative estimate of drug-likeness (QED) is 0.622. The molecule has 0 bridgehead atoms. The maximum atomic E-state index is 11.7. The van der Waals surface area contributed by atoms with Crippen molar-refractivity contribution < 1.29 is 14.3 Å². The van der Waals surface area contributed by atoms with Crippen molar-refractivity contribution in [3.63, 3.8) is 0 Å². The molecule has 2 aromatic carbocycles. The van der Waals surface area contributed by atoms with E-state index < -0.39 is 0 Å². The van der Waals surface area contributed by atoms with Gasteiger partial charge in [0.25, 0.3) is 0 Å². The minimum absolute atomic E-state index is 0.0185. The molecule has 96 valence electrons. The molecule has 3 nitrogen and oxygen atoms in total. The average Bonchev–Trinajstić information content (AvgIpc) is 3.26. The van der Waals surface area contributed by atoms with Gasteiger partial charge >= 0.3 is 5.97 Å². The molecule has 0 radical (unpaired) electrons. The lowest BCUT2D eigenvalue weighted by molar-refractivity contribution is 0.0476. The number of hydrogen-bond acceptors (Lipinski definition) is 3. The summed E-state index contributed by atoms with van der Waals surface area (Å²) in [7, 11) is 0. The number of epoxide rings is 1. The predicted octanol–water partition coefficient (Wildman–Crippen LogP) is 2.98. The summed E-state index contributed by atoms with van der Waals surface area (Å²) < 4.78 is 10.8. The highest BCUT2D eigenvalue weighted by molar-refractivity contribution is 5.89. The summed E-state index contributed by atoms with van der Waals surface area (Å²) in [5.74, 6) is -0.303. The van der Waals surface area contributed by atoms with Crippen molar-refractivity contribution in [2.45, 2.75) is 12.2 Å². The summed E-state index contributed by atoms with van der Waals surface area (Å²) in [6.45, 7) is 0.299. The zero-order valence-electron chi connectivity index (χ0n) is 10.4. The van der Waals surface area contributed by atoms with E-state index in [4.69, 9.17) is 9.47 Å². The highest BCUT2D eigenvalue weighted by atomic mass is 16.6. The summed E-state index contributed by atoms with van der Waals surface area (Å²) in [6, 6.07) is 18.9. The Balaban J connectivity index is 1.51. The molecular formula is C16H14O3. The second-order valence-electron chi connectivity index (χ2n) is 4.47. The molecule has 2 atom stereocenters. The van der Waals surface area contributed by atoms with Crippen molar-refractivity contribution in [3.8, 4) is 0 Å². The van der Waals surface area contributed by atoms with Crippen molar-refractivity contribution in [2.75, 3.05) is 6.61 Å². The molecule has 3 rings (SSSR count). The van der Waals surface area contributed by atoms with Crippen molar-refractivity contribution in [1.82, 2.24) is 0 Å². The molecule has 0 N–H and O–H groups in total. The Kier molecular flexibility index (Phi) is 3.29. The minimum Gasteiger partial charge on any atom is -0.459 e. The predicted molar refractivity (Wildman–Crippen MR) is 70.8 cm³/mol. The first kappa shape index (κ1) is 11.9. The highest BCUT2D eigenvalue weighted by Gasteiger charge is 2.41. The van der Waals surface area contributed by atoms with Gasteiger partial charge in [-0.3, -0.25) is 0 Å². The zero-order chi connectivity index (χ0) is 13.1. The van der Waals surface area contributed by atoms with Crippen LogP contribution in [0.3, 0.4) is 0 Å². The van der Waals surface area contributed by atoms with Crippen LogP contribution in [0.5, 0.6) is 0 Å². The molecule has 1 saturated heterocycles. The van der Waals surface area contributed by atoms with Gasteiger partial charge in [-0.2, -0.15) is 0 Å². The first-order valence-electron chi connectivity index (χ1n) is 6.27. The van der Waals surface area contributed by atoms with Crippen molar-refractivity contribution >= 4 is 5.97 Å². The van der Waals surface area contributed by atoms with Gasteiger partial charge in [0.15, 0.2) is 0 Å². The first-order chi connectivity index (χ1) is 9.34. The van der Waals surface area contributed by atoms with E-state index in [-0.39, 0.29) is 18.2 Å². The maximum absolute atomic E-state index is 11.7. The molecule has 0 saturated carbocycles. The molecule has 19 heavy (non-hydrogen) atoms. The third kappa shape index (κ3) is 2.83. The van der Waals surface area contributed by atoms with Crippen LogP contribution in [0.2, 0.25) is 0 Å². The van der Waals surface area contributed by atoms with Crippen molar-refractivity contribution in [2.24, 2.45) is 0 Å². The van der Waals surface area contributed by atoms with Crippen LogP contribution in [-0.4, -0.2) is 18.7 Å². The summed E-state index contributed by atoms with van der Waals surface area (Å²) in [6.07, 6.45) is 0.0415. The number of benzene rings is 2. The van der Waals surface area contributed by atoms with Crippen LogP contribution in [0, 0.1) is 0 Å². The Labute approximate surface area is 111 Å². The molecule has 2 aromatic rings. The van der Waals surface area contributed by atoms with E-state index in [9.17, 15) is 4.79 Å². The molecule has 0 amide bonds. The normalized spacial score (nSPS) is 20.8. The van der Waals surface area contributed by atoms with Gasteiger partial charge in [-0.1, -0.05) is 48.5 Å².